The van der Waals surface area contributed by atoms with E-state index >= 15 is 0 Å². The Morgan fingerprint density at radius 3 is 3.29 bits per heavy atom. The average Bonchev–Trinajstić information content (AvgIpc) is 2.37. The highest BCUT2D eigenvalue weighted by molar-refractivity contribution is 5.54. The maximum Gasteiger partial charge on any atom is 0.138 e. The number of β-amino-alcohol motifs (C(OH)–C–C–N with tert-alkyl or cyclic N) is 1. The maximum absolute atomic E-state index is 9.43. The van der Waals surface area contributed by atoms with Crippen molar-refractivity contribution in [1.82, 2.24) is 10.3 Å². The molecule has 0 radical (unpaired) electrons. The van der Waals surface area contributed by atoms with Crippen molar-refractivity contribution in [2.75, 3.05) is 11.9 Å². The van der Waals surface area contributed by atoms with Crippen LogP contribution in [0, 0.1) is 0 Å². The van der Waals surface area contributed by atoms with Gasteiger partial charge < -0.3 is 15.7 Å². The number of aliphatic hydroxyl groups is 1. The summed E-state index contributed by atoms with van der Waals surface area (Å²) in [6.45, 7) is 4.93. The number of aliphatic hydroxyl groups excluding tert-OH is 1. The highest BCUT2D eigenvalue weighted by atomic mass is 16.3. The monoisotopic (exact) mass is 191 g/mol. The summed E-state index contributed by atoms with van der Waals surface area (Å²) in [6, 6.07) is 2.01. The molecule has 4 nitrogen and oxygen atoms in total. The third kappa shape index (κ3) is 1.76. The quantitative estimate of drug-likeness (QED) is 0.607. The minimum atomic E-state index is -0.571. The Hall–Kier alpha value is -1.39. The van der Waals surface area contributed by atoms with Gasteiger partial charge in [0.2, 0.25) is 0 Å². The van der Waals surface area contributed by atoms with Crippen LogP contribution in [0.25, 0.3) is 6.08 Å². The highest BCUT2D eigenvalue weighted by Gasteiger charge is 2.13. The second-order valence-electron chi connectivity index (χ2n) is 3.27. The molecule has 1 aromatic heterocycles. The average molecular weight is 191 g/mol. The van der Waals surface area contributed by atoms with Crippen LogP contribution in [-0.2, 0) is 6.54 Å². The van der Waals surface area contributed by atoms with Crippen molar-refractivity contribution in [3.8, 4) is 0 Å². The van der Waals surface area contributed by atoms with Gasteiger partial charge >= 0.3 is 0 Å². The molecule has 0 saturated carbocycles. The summed E-state index contributed by atoms with van der Waals surface area (Å²) < 4.78 is 0. The standard InChI is InChI=1S/C10H13N3O/c1-2-7-3-8-5-11-6-9(14)13-10(8)12-4-7/h2-4,9,11,14H,1,5-6H2,(H,12,13). The first-order valence-electron chi connectivity index (χ1n) is 4.56. The summed E-state index contributed by atoms with van der Waals surface area (Å²) in [5.41, 5.74) is 2.04. The first kappa shape index (κ1) is 9.18. The van der Waals surface area contributed by atoms with Gasteiger partial charge in [0.1, 0.15) is 12.0 Å². The largest absolute Gasteiger partial charge is 0.372 e. The zero-order valence-corrected chi connectivity index (χ0v) is 7.83. The molecule has 1 aromatic rings. The molecule has 1 unspecified atom stereocenters. The van der Waals surface area contributed by atoms with Gasteiger partial charge in [0, 0.05) is 24.8 Å². The van der Waals surface area contributed by atoms with Crippen molar-refractivity contribution >= 4 is 11.9 Å². The number of hydrogen-bond acceptors (Lipinski definition) is 4. The lowest BCUT2D eigenvalue weighted by atomic mass is 10.2. The van der Waals surface area contributed by atoms with Gasteiger partial charge in [0.25, 0.3) is 0 Å². The molecule has 0 fully saturated rings. The second kappa shape index (κ2) is 3.77. The van der Waals surface area contributed by atoms with E-state index in [4.69, 9.17) is 0 Å². The number of anilines is 1. The van der Waals surface area contributed by atoms with E-state index in [1.165, 1.54) is 0 Å². The predicted molar refractivity (Wildman–Crippen MR) is 55.7 cm³/mol. The molecule has 0 aromatic carbocycles. The van der Waals surface area contributed by atoms with E-state index in [0.717, 1.165) is 16.9 Å². The van der Waals surface area contributed by atoms with Crippen LogP contribution in [0.4, 0.5) is 5.82 Å². The van der Waals surface area contributed by atoms with E-state index in [2.05, 4.69) is 22.2 Å². The normalized spacial score (nSPS) is 20.5. The molecule has 3 N–H and O–H groups in total. The molecule has 1 atom stereocenters. The van der Waals surface area contributed by atoms with Crippen molar-refractivity contribution < 1.29 is 5.11 Å². The van der Waals surface area contributed by atoms with E-state index < -0.39 is 6.23 Å². The van der Waals surface area contributed by atoms with Crippen LogP contribution >= 0.6 is 0 Å². The fourth-order valence-corrected chi connectivity index (χ4v) is 1.46. The number of nitrogens with zero attached hydrogens (tertiary/aromatic N) is 1. The van der Waals surface area contributed by atoms with Gasteiger partial charge in [0.05, 0.1) is 0 Å². The van der Waals surface area contributed by atoms with Crippen molar-refractivity contribution in [2.45, 2.75) is 12.8 Å². The molecule has 0 bridgehead atoms. The molecular weight excluding hydrogens is 178 g/mol. The molecule has 1 aliphatic heterocycles. The van der Waals surface area contributed by atoms with E-state index in [9.17, 15) is 5.11 Å². The van der Waals surface area contributed by atoms with Crippen molar-refractivity contribution in [3.63, 3.8) is 0 Å². The Morgan fingerprint density at radius 2 is 2.50 bits per heavy atom. The number of rotatable bonds is 1. The molecule has 0 saturated heterocycles. The molecule has 1 aliphatic rings. The minimum absolute atomic E-state index is 0.528. The summed E-state index contributed by atoms with van der Waals surface area (Å²) in [5, 5.41) is 15.5. The molecule has 0 spiro atoms. The van der Waals surface area contributed by atoms with Crippen LogP contribution in [0.2, 0.25) is 0 Å². The fourth-order valence-electron chi connectivity index (χ4n) is 1.46. The summed E-state index contributed by atoms with van der Waals surface area (Å²) in [7, 11) is 0. The Bertz CT molecular complexity index is 351. The lowest BCUT2D eigenvalue weighted by Crippen LogP contribution is -2.29. The van der Waals surface area contributed by atoms with E-state index in [1.807, 2.05) is 6.07 Å². The number of aromatic nitrogens is 1. The van der Waals surface area contributed by atoms with Gasteiger partial charge in [-0.1, -0.05) is 12.7 Å². The highest BCUT2D eigenvalue weighted by Crippen LogP contribution is 2.17. The zero-order chi connectivity index (χ0) is 9.97. The molecule has 74 valence electrons. The lowest BCUT2D eigenvalue weighted by Gasteiger charge is -2.10. The van der Waals surface area contributed by atoms with Crippen LogP contribution in [0.1, 0.15) is 11.1 Å². The van der Waals surface area contributed by atoms with Gasteiger partial charge in [-0.3, -0.25) is 0 Å². The molecule has 14 heavy (non-hydrogen) atoms. The molecule has 0 aliphatic carbocycles. The van der Waals surface area contributed by atoms with Crippen molar-refractivity contribution in [2.24, 2.45) is 0 Å². The molecule has 2 heterocycles. The molecular formula is C10H13N3O. The molecule has 4 heteroatoms. The third-order valence-corrected chi connectivity index (χ3v) is 2.18. The number of nitrogens with one attached hydrogen (secondary N) is 2. The van der Waals surface area contributed by atoms with Crippen LogP contribution in [0.3, 0.4) is 0 Å². The lowest BCUT2D eigenvalue weighted by molar-refractivity contribution is 0.201. The topological polar surface area (TPSA) is 57.2 Å². The van der Waals surface area contributed by atoms with Gasteiger partial charge in [0.15, 0.2) is 0 Å². The van der Waals surface area contributed by atoms with E-state index in [0.29, 0.717) is 13.1 Å². The first-order chi connectivity index (χ1) is 6.79. The van der Waals surface area contributed by atoms with E-state index in [1.54, 1.807) is 12.3 Å². The predicted octanol–water partition coefficient (Wildman–Crippen LogP) is 0.558. The van der Waals surface area contributed by atoms with Crippen LogP contribution in [0.15, 0.2) is 18.8 Å². The smallest absolute Gasteiger partial charge is 0.138 e. The second-order valence-corrected chi connectivity index (χ2v) is 3.27. The van der Waals surface area contributed by atoms with E-state index in [-0.39, 0.29) is 0 Å². The summed E-state index contributed by atoms with van der Waals surface area (Å²) in [4.78, 5) is 4.22. The Morgan fingerprint density at radius 1 is 1.64 bits per heavy atom. The fraction of sp³-hybridized carbons (Fsp3) is 0.300. The molecule has 2 rings (SSSR count). The van der Waals surface area contributed by atoms with Crippen molar-refractivity contribution in [1.29, 1.82) is 0 Å². The minimum Gasteiger partial charge on any atom is -0.372 e. The van der Waals surface area contributed by atoms with Gasteiger partial charge in [-0.15, -0.1) is 0 Å². The zero-order valence-electron chi connectivity index (χ0n) is 7.83. The van der Waals surface area contributed by atoms with Crippen LogP contribution in [0.5, 0.6) is 0 Å². The van der Waals surface area contributed by atoms with Gasteiger partial charge in [-0.25, -0.2) is 4.98 Å². The summed E-state index contributed by atoms with van der Waals surface area (Å²) >= 11 is 0. The Balaban J connectivity index is 2.35. The number of hydrogen-bond donors (Lipinski definition) is 3. The van der Waals surface area contributed by atoms with Crippen LogP contribution in [-0.4, -0.2) is 22.9 Å². The van der Waals surface area contributed by atoms with Gasteiger partial charge in [-0.05, 0) is 11.6 Å². The number of fused-ring (bicyclic) bond motifs is 1. The SMILES string of the molecule is C=Cc1cnc2c(c1)CNCC(O)N2. The summed E-state index contributed by atoms with van der Waals surface area (Å²) in [5.74, 6) is 0.744. The number of pyridine rings is 1. The summed E-state index contributed by atoms with van der Waals surface area (Å²) in [6.07, 6.45) is 2.92. The first-order valence-corrected chi connectivity index (χ1v) is 4.56. The van der Waals surface area contributed by atoms with Crippen molar-refractivity contribution in [3.05, 3.63) is 30.0 Å². The molecule has 0 amide bonds. The Labute approximate surface area is 82.7 Å². The van der Waals surface area contributed by atoms with Gasteiger partial charge in [-0.2, -0.15) is 0 Å². The third-order valence-electron chi connectivity index (χ3n) is 2.18. The maximum atomic E-state index is 9.43. The van der Waals surface area contributed by atoms with Crippen LogP contribution < -0.4 is 10.6 Å². The Kier molecular flexibility index (Phi) is 2.47.